The fourth-order valence-electron chi connectivity index (χ4n) is 2.19. The fraction of sp³-hybridized carbons (Fsp3) is 0.200. The lowest BCUT2D eigenvalue weighted by Crippen LogP contribution is -2.29. The van der Waals surface area contributed by atoms with Gasteiger partial charge >= 0.3 is 5.97 Å². The average molecular weight is 381 g/mol. The molecule has 0 unspecified atom stereocenters. The van der Waals surface area contributed by atoms with Crippen molar-refractivity contribution < 1.29 is 23.9 Å². The molecule has 2 amide bonds. The van der Waals surface area contributed by atoms with Crippen LogP contribution in [0.2, 0.25) is 0 Å². The van der Waals surface area contributed by atoms with Crippen LogP contribution >= 0.6 is 0 Å². The van der Waals surface area contributed by atoms with Crippen LogP contribution in [0.1, 0.15) is 22.8 Å². The van der Waals surface area contributed by atoms with Crippen LogP contribution in [0.5, 0.6) is 5.75 Å². The second kappa shape index (κ2) is 9.73. The first-order chi connectivity index (χ1) is 13.4. The van der Waals surface area contributed by atoms with E-state index in [1.165, 1.54) is 20.0 Å². The van der Waals surface area contributed by atoms with Gasteiger partial charge in [0.1, 0.15) is 5.75 Å². The summed E-state index contributed by atoms with van der Waals surface area (Å²) in [4.78, 5) is 35.5. The lowest BCUT2D eigenvalue weighted by molar-refractivity contribution is -0.153. The van der Waals surface area contributed by atoms with Crippen LogP contribution in [0.3, 0.4) is 0 Å². The molecule has 1 atom stereocenters. The molecule has 8 heteroatoms. The number of nitrogens with zero attached hydrogens (tertiary/aromatic N) is 1. The summed E-state index contributed by atoms with van der Waals surface area (Å²) in [6.45, 7) is 0.995. The first-order valence-electron chi connectivity index (χ1n) is 8.38. The molecule has 0 aliphatic carbocycles. The number of carbonyl (C=O) groups excluding carboxylic acids is 3. The summed E-state index contributed by atoms with van der Waals surface area (Å²) in [5.41, 5.74) is 1.27. The molecule has 2 aromatic rings. The fourth-order valence-corrected chi connectivity index (χ4v) is 2.19. The van der Waals surface area contributed by atoms with Crippen molar-refractivity contribution in [2.45, 2.75) is 13.0 Å². The van der Waals surface area contributed by atoms with Crippen LogP contribution in [0.4, 0.5) is 5.69 Å². The van der Waals surface area contributed by atoms with Crippen molar-refractivity contribution in [2.24, 2.45) is 0 Å². The maximum Gasteiger partial charge on any atom is 0.347 e. The molecule has 0 bridgehead atoms. The van der Waals surface area contributed by atoms with E-state index in [1.54, 1.807) is 42.5 Å². The van der Waals surface area contributed by atoms with Gasteiger partial charge in [-0.25, -0.2) is 4.79 Å². The highest BCUT2D eigenvalue weighted by Gasteiger charge is 2.18. The minimum atomic E-state index is -0.933. The third-order valence-electron chi connectivity index (χ3n) is 3.61. The van der Waals surface area contributed by atoms with Gasteiger partial charge in [0.15, 0.2) is 12.7 Å². The lowest BCUT2D eigenvalue weighted by atomic mass is 10.2. The Hall–Kier alpha value is -3.86. The first kappa shape index (κ1) is 20.5. The molecule has 0 aliphatic heterocycles. The van der Waals surface area contributed by atoms with E-state index in [-0.39, 0.29) is 5.91 Å². The molecule has 2 rings (SSSR count). The number of carbonyl (C=O) groups is 3. The Kier molecular flexibility index (Phi) is 7.11. The van der Waals surface area contributed by atoms with Gasteiger partial charge in [-0.15, -0.1) is 0 Å². The molecule has 0 aromatic heterocycles. The highest BCUT2D eigenvalue weighted by molar-refractivity contribution is 5.97. The molecule has 2 N–H and O–H groups in total. The number of hydrogen-bond acceptors (Lipinski definition) is 6. The normalized spacial score (nSPS) is 10.9. The Labute approximate surface area is 162 Å². The van der Waals surface area contributed by atoms with E-state index in [0.29, 0.717) is 22.6 Å². The second-order valence-electron chi connectivity index (χ2n) is 5.71. The Bertz CT molecular complexity index is 903. The summed E-state index contributed by atoms with van der Waals surface area (Å²) in [5, 5.41) is 13.8. The van der Waals surface area contributed by atoms with Crippen molar-refractivity contribution in [3.8, 4) is 11.8 Å². The van der Waals surface area contributed by atoms with E-state index < -0.39 is 24.6 Å². The van der Waals surface area contributed by atoms with E-state index in [0.717, 1.165) is 0 Å². The summed E-state index contributed by atoms with van der Waals surface area (Å²) >= 11 is 0. The maximum absolute atomic E-state index is 12.0. The molecule has 2 aromatic carbocycles. The van der Waals surface area contributed by atoms with Crippen molar-refractivity contribution in [1.29, 1.82) is 5.26 Å². The number of rotatable bonds is 7. The topological polar surface area (TPSA) is 118 Å². The minimum absolute atomic E-state index is 0.281. The van der Waals surface area contributed by atoms with Gasteiger partial charge < -0.3 is 20.1 Å². The van der Waals surface area contributed by atoms with Crippen molar-refractivity contribution in [2.75, 3.05) is 19.0 Å². The Morgan fingerprint density at radius 3 is 2.50 bits per heavy atom. The largest absolute Gasteiger partial charge is 0.479 e. The van der Waals surface area contributed by atoms with Gasteiger partial charge in [-0.3, -0.25) is 9.59 Å². The zero-order valence-corrected chi connectivity index (χ0v) is 15.4. The molecule has 0 fully saturated rings. The van der Waals surface area contributed by atoms with E-state index in [2.05, 4.69) is 10.6 Å². The van der Waals surface area contributed by atoms with Gasteiger partial charge in [0.2, 0.25) is 0 Å². The van der Waals surface area contributed by atoms with E-state index in [1.807, 2.05) is 6.07 Å². The van der Waals surface area contributed by atoms with Gasteiger partial charge in [-0.1, -0.05) is 6.07 Å². The third kappa shape index (κ3) is 5.85. The quantitative estimate of drug-likeness (QED) is 0.707. The average Bonchev–Trinajstić information content (AvgIpc) is 2.72. The van der Waals surface area contributed by atoms with Crippen LogP contribution in [0.25, 0.3) is 0 Å². The molecule has 0 saturated carbocycles. The number of amides is 2. The highest BCUT2D eigenvalue weighted by atomic mass is 16.6. The molecule has 28 heavy (non-hydrogen) atoms. The predicted molar refractivity (Wildman–Crippen MR) is 101 cm³/mol. The van der Waals surface area contributed by atoms with Gasteiger partial charge in [0.25, 0.3) is 11.8 Å². The number of esters is 1. The molecule has 8 nitrogen and oxygen atoms in total. The molecule has 144 valence electrons. The number of anilines is 1. The number of ether oxygens (including phenoxy) is 2. The number of nitrogens with one attached hydrogen (secondary N) is 2. The molecular weight excluding hydrogens is 362 g/mol. The SMILES string of the molecule is CNC(=O)c1cccc(NC(=O)COC(=O)[C@H](C)Oc2ccc(C#N)cc2)c1. The van der Waals surface area contributed by atoms with Gasteiger partial charge in [0.05, 0.1) is 11.6 Å². The van der Waals surface area contributed by atoms with Crippen LogP contribution in [-0.2, 0) is 14.3 Å². The van der Waals surface area contributed by atoms with E-state index in [4.69, 9.17) is 14.7 Å². The van der Waals surface area contributed by atoms with Crippen molar-refractivity contribution >= 4 is 23.5 Å². The van der Waals surface area contributed by atoms with Crippen molar-refractivity contribution in [3.63, 3.8) is 0 Å². The predicted octanol–water partition coefficient (Wildman–Crippen LogP) is 1.87. The maximum atomic E-state index is 12.0. The van der Waals surface area contributed by atoms with Crippen molar-refractivity contribution in [1.82, 2.24) is 5.32 Å². The standard InChI is InChI=1S/C20H19N3O5/c1-13(28-17-8-6-14(11-21)7-9-17)20(26)27-12-18(24)23-16-5-3-4-15(10-16)19(25)22-2/h3-10,13H,12H2,1-2H3,(H,22,25)(H,23,24)/t13-/m0/s1. The van der Waals surface area contributed by atoms with E-state index >= 15 is 0 Å². The number of benzene rings is 2. The lowest BCUT2D eigenvalue weighted by Gasteiger charge is -2.14. The monoisotopic (exact) mass is 381 g/mol. The summed E-state index contributed by atoms with van der Waals surface area (Å²) < 4.78 is 10.4. The Balaban J connectivity index is 1.83. The Morgan fingerprint density at radius 2 is 1.86 bits per heavy atom. The molecule has 0 radical (unpaired) electrons. The molecule has 0 heterocycles. The zero-order valence-electron chi connectivity index (χ0n) is 15.4. The number of hydrogen-bond donors (Lipinski definition) is 2. The molecule has 0 saturated heterocycles. The van der Waals surface area contributed by atoms with Gasteiger partial charge in [-0.05, 0) is 49.4 Å². The first-order valence-corrected chi connectivity index (χ1v) is 8.38. The molecule has 0 spiro atoms. The van der Waals surface area contributed by atoms with Crippen LogP contribution in [0.15, 0.2) is 48.5 Å². The van der Waals surface area contributed by atoms with Crippen LogP contribution in [-0.4, -0.2) is 37.5 Å². The van der Waals surface area contributed by atoms with E-state index in [9.17, 15) is 14.4 Å². The van der Waals surface area contributed by atoms with Crippen molar-refractivity contribution in [3.05, 3.63) is 59.7 Å². The number of nitriles is 1. The highest BCUT2D eigenvalue weighted by Crippen LogP contribution is 2.14. The van der Waals surface area contributed by atoms with Gasteiger partial charge in [-0.2, -0.15) is 5.26 Å². The second-order valence-corrected chi connectivity index (χ2v) is 5.71. The smallest absolute Gasteiger partial charge is 0.347 e. The summed E-state index contributed by atoms with van der Waals surface area (Å²) in [6, 6.07) is 14.6. The zero-order chi connectivity index (χ0) is 20.5. The summed E-state index contributed by atoms with van der Waals surface area (Å²) in [5.74, 6) is -1.14. The van der Waals surface area contributed by atoms with Crippen LogP contribution < -0.4 is 15.4 Å². The summed E-state index contributed by atoms with van der Waals surface area (Å²) in [6.07, 6.45) is -0.933. The minimum Gasteiger partial charge on any atom is -0.479 e. The Morgan fingerprint density at radius 1 is 1.14 bits per heavy atom. The summed E-state index contributed by atoms with van der Waals surface area (Å²) in [7, 11) is 1.51. The van der Waals surface area contributed by atoms with Gasteiger partial charge in [0, 0.05) is 18.3 Å². The third-order valence-corrected chi connectivity index (χ3v) is 3.61. The molecular formula is C20H19N3O5. The molecule has 0 aliphatic rings. The van der Waals surface area contributed by atoms with Crippen LogP contribution in [0, 0.1) is 11.3 Å².